The van der Waals surface area contributed by atoms with E-state index in [1.165, 1.54) is 12.2 Å². The fourth-order valence-corrected chi connectivity index (χ4v) is 1.24. The summed E-state index contributed by atoms with van der Waals surface area (Å²) in [5.41, 5.74) is 0. The summed E-state index contributed by atoms with van der Waals surface area (Å²) >= 11 is 1.92. The molecule has 8 heavy (non-hydrogen) atoms. The van der Waals surface area contributed by atoms with Gasteiger partial charge in [-0.3, -0.25) is 0 Å². The van der Waals surface area contributed by atoms with Crippen LogP contribution in [0.15, 0.2) is 0 Å². The molecule has 2 heteroatoms. The summed E-state index contributed by atoms with van der Waals surface area (Å²) in [5, 5.41) is 8.35. The van der Waals surface area contributed by atoms with Crippen molar-refractivity contribution in [3.8, 4) is 0 Å². The Kier molecular flexibility index (Phi) is 7.59. The first-order valence-corrected chi connectivity index (χ1v) is 4.26. The standard InChI is InChI=1S/C6H14OS/c1-2-5-8-6-3-4-7/h7H,2-6H2,1H3. The van der Waals surface area contributed by atoms with Gasteiger partial charge in [0.25, 0.3) is 0 Å². The lowest BCUT2D eigenvalue weighted by molar-refractivity contribution is 0.296. The molecular weight excluding hydrogens is 120 g/mol. The Bertz CT molecular complexity index is 33.5. The summed E-state index contributed by atoms with van der Waals surface area (Å²) in [7, 11) is 0. The van der Waals surface area contributed by atoms with Crippen molar-refractivity contribution in [1.82, 2.24) is 0 Å². The molecule has 0 radical (unpaired) electrons. The van der Waals surface area contributed by atoms with Gasteiger partial charge in [-0.15, -0.1) is 0 Å². The minimum Gasteiger partial charge on any atom is -0.396 e. The zero-order chi connectivity index (χ0) is 6.24. The van der Waals surface area contributed by atoms with E-state index in [0.29, 0.717) is 6.61 Å². The molecule has 0 heterocycles. The van der Waals surface area contributed by atoms with Gasteiger partial charge in [-0.25, -0.2) is 0 Å². The number of aliphatic hydroxyl groups excluding tert-OH is 1. The number of hydrogen-bond acceptors (Lipinski definition) is 2. The number of rotatable bonds is 5. The Hall–Kier alpha value is 0.310. The molecule has 50 valence electrons. The van der Waals surface area contributed by atoms with E-state index >= 15 is 0 Å². The number of hydrogen-bond donors (Lipinski definition) is 1. The predicted molar refractivity (Wildman–Crippen MR) is 39.3 cm³/mol. The first kappa shape index (κ1) is 8.31. The van der Waals surface area contributed by atoms with Crippen molar-refractivity contribution in [3.05, 3.63) is 0 Å². The van der Waals surface area contributed by atoms with Gasteiger partial charge in [0.05, 0.1) is 0 Å². The molecule has 0 saturated carbocycles. The fraction of sp³-hybridized carbons (Fsp3) is 1.00. The summed E-state index contributed by atoms with van der Waals surface area (Å²) in [6.45, 7) is 2.52. The average molecular weight is 134 g/mol. The molecule has 0 atom stereocenters. The van der Waals surface area contributed by atoms with Crippen LogP contribution in [0.5, 0.6) is 0 Å². The van der Waals surface area contributed by atoms with E-state index in [-0.39, 0.29) is 0 Å². The molecule has 0 aliphatic rings. The second kappa shape index (κ2) is 7.31. The van der Waals surface area contributed by atoms with Crippen LogP contribution in [0.4, 0.5) is 0 Å². The lowest BCUT2D eigenvalue weighted by atomic mass is 10.5. The van der Waals surface area contributed by atoms with Crippen LogP contribution in [0.2, 0.25) is 0 Å². The van der Waals surface area contributed by atoms with Crippen molar-refractivity contribution in [3.63, 3.8) is 0 Å². The van der Waals surface area contributed by atoms with E-state index in [0.717, 1.165) is 12.2 Å². The molecule has 1 nitrogen and oxygen atoms in total. The van der Waals surface area contributed by atoms with Crippen LogP contribution in [0.25, 0.3) is 0 Å². The maximum atomic E-state index is 8.35. The van der Waals surface area contributed by atoms with Gasteiger partial charge in [-0.05, 0) is 24.3 Å². The lowest BCUT2D eigenvalue weighted by Gasteiger charge is -1.93. The summed E-state index contributed by atoms with van der Waals surface area (Å²) in [5.74, 6) is 2.35. The maximum Gasteiger partial charge on any atom is 0.0438 e. The van der Waals surface area contributed by atoms with Crippen molar-refractivity contribution in [1.29, 1.82) is 0 Å². The molecule has 0 rings (SSSR count). The summed E-state index contributed by atoms with van der Waals surface area (Å²) in [6, 6.07) is 0. The van der Waals surface area contributed by atoms with Gasteiger partial charge >= 0.3 is 0 Å². The van der Waals surface area contributed by atoms with E-state index in [1.807, 2.05) is 11.8 Å². The van der Waals surface area contributed by atoms with Crippen LogP contribution < -0.4 is 0 Å². The zero-order valence-electron chi connectivity index (χ0n) is 5.39. The average Bonchev–Trinajstić information content (AvgIpc) is 1.81. The fourth-order valence-electron chi connectivity index (χ4n) is 0.413. The van der Waals surface area contributed by atoms with Crippen LogP contribution >= 0.6 is 11.8 Å². The maximum absolute atomic E-state index is 8.35. The second-order valence-electron chi connectivity index (χ2n) is 1.69. The SMILES string of the molecule is CCCSCCCO. The van der Waals surface area contributed by atoms with Gasteiger partial charge in [0.2, 0.25) is 0 Å². The van der Waals surface area contributed by atoms with E-state index in [4.69, 9.17) is 5.11 Å². The van der Waals surface area contributed by atoms with Crippen LogP contribution in [0.3, 0.4) is 0 Å². The Labute approximate surface area is 55.5 Å². The largest absolute Gasteiger partial charge is 0.396 e. The monoisotopic (exact) mass is 134 g/mol. The van der Waals surface area contributed by atoms with Gasteiger partial charge < -0.3 is 5.11 Å². The minimum atomic E-state index is 0.344. The molecule has 0 saturated heterocycles. The van der Waals surface area contributed by atoms with Crippen molar-refractivity contribution >= 4 is 11.8 Å². The second-order valence-corrected chi connectivity index (χ2v) is 2.91. The van der Waals surface area contributed by atoms with Crippen molar-refractivity contribution < 1.29 is 5.11 Å². The van der Waals surface area contributed by atoms with E-state index in [9.17, 15) is 0 Å². The van der Waals surface area contributed by atoms with Crippen LogP contribution in [-0.2, 0) is 0 Å². The Morgan fingerprint density at radius 1 is 1.38 bits per heavy atom. The first-order valence-electron chi connectivity index (χ1n) is 3.10. The van der Waals surface area contributed by atoms with Gasteiger partial charge in [0, 0.05) is 6.61 Å². The number of aliphatic hydroxyl groups is 1. The quantitative estimate of drug-likeness (QED) is 0.575. The molecule has 0 aromatic carbocycles. The van der Waals surface area contributed by atoms with E-state index < -0.39 is 0 Å². The minimum absolute atomic E-state index is 0.344. The van der Waals surface area contributed by atoms with Crippen LogP contribution in [0.1, 0.15) is 19.8 Å². The summed E-state index contributed by atoms with van der Waals surface area (Å²) in [6.07, 6.45) is 2.20. The molecule has 0 amide bonds. The molecule has 0 spiro atoms. The highest BCUT2D eigenvalue weighted by Gasteiger charge is 1.83. The Morgan fingerprint density at radius 3 is 2.62 bits per heavy atom. The highest BCUT2D eigenvalue weighted by Crippen LogP contribution is 2.02. The Balaban J connectivity index is 2.53. The van der Waals surface area contributed by atoms with Crippen LogP contribution in [0, 0.1) is 0 Å². The third kappa shape index (κ3) is 6.31. The third-order valence-electron chi connectivity index (χ3n) is 0.795. The lowest BCUT2D eigenvalue weighted by Crippen LogP contribution is -1.86. The smallest absolute Gasteiger partial charge is 0.0438 e. The Morgan fingerprint density at radius 2 is 2.12 bits per heavy atom. The summed E-state index contributed by atoms with van der Waals surface area (Å²) < 4.78 is 0. The van der Waals surface area contributed by atoms with E-state index in [2.05, 4.69) is 6.92 Å². The molecule has 0 bridgehead atoms. The molecular formula is C6H14OS. The zero-order valence-corrected chi connectivity index (χ0v) is 6.21. The molecule has 1 N–H and O–H groups in total. The predicted octanol–water partition coefficient (Wildman–Crippen LogP) is 1.51. The summed E-state index contributed by atoms with van der Waals surface area (Å²) in [4.78, 5) is 0. The molecule has 0 aliphatic heterocycles. The molecule has 0 fully saturated rings. The number of thioether (sulfide) groups is 1. The molecule has 0 unspecified atom stereocenters. The van der Waals surface area contributed by atoms with Crippen molar-refractivity contribution in [2.24, 2.45) is 0 Å². The van der Waals surface area contributed by atoms with Gasteiger partial charge in [-0.1, -0.05) is 6.92 Å². The van der Waals surface area contributed by atoms with Gasteiger partial charge in [0.15, 0.2) is 0 Å². The van der Waals surface area contributed by atoms with Crippen molar-refractivity contribution in [2.75, 3.05) is 18.1 Å². The molecule has 0 aromatic heterocycles. The molecule has 0 aliphatic carbocycles. The van der Waals surface area contributed by atoms with Crippen molar-refractivity contribution in [2.45, 2.75) is 19.8 Å². The van der Waals surface area contributed by atoms with Gasteiger partial charge in [-0.2, -0.15) is 11.8 Å². The van der Waals surface area contributed by atoms with Crippen LogP contribution in [-0.4, -0.2) is 23.2 Å². The topological polar surface area (TPSA) is 20.2 Å². The third-order valence-corrected chi connectivity index (χ3v) is 2.07. The highest BCUT2D eigenvalue weighted by molar-refractivity contribution is 7.99. The normalized spacial score (nSPS) is 9.75. The van der Waals surface area contributed by atoms with E-state index in [1.54, 1.807) is 0 Å². The molecule has 0 aromatic rings. The first-order chi connectivity index (χ1) is 3.91. The van der Waals surface area contributed by atoms with Gasteiger partial charge in [0.1, 0.15) is 0 Å². The highest BCUT2D eigenvalue weighted by atomic mass is 32.2.